The van der Waals surface area contributed by atoms with Crippen LogP contribution in [0.3, 0.4) is 0 Å². The topological polar surface area (TPSA) is 62.5 Å². The van der Waals surface area contributed by atoms with E-state index in [1.165, 1.54) is 12.5 Å². The van der Waals surface area contributed by atoms with E-state index in [-0.39, 0.29) is 5.91 Å². The van der Waals surface area contributed by atoms with Crippen molar-refractivity contribution in [2.75, 3.05) is 18.1 Å². The third-order valence-corrected chi connectivity index (χ3v) is 3.68. The van der Waals surface area contributed by atoms with Gasteiger partial charge in [-0.25, -0.2) is 0 Å². The summed E-state index contributed by atoms with van der Waals surface area (Å²) < 4.78 is 4.81. The Morgan fingerprint density at radius 1 is 1.73 bits per heavy atom. The Kier molecular flexibility index (Phi) is 3.02. The number of aliphatic hydroxyl groups is 1. The van der Waals surface area contributed by atoms with E-state index in [4.69, 9.17) is 4.42 Å². The van der Waals surface area contributed by atoms with Gasteiger partial charge in [-0.3, -0.25) is 4.79 Å². The maximum Gasteiger partial charge on any atom is 0.254 e. The molecule has 2 heterocycles. The van der Waals surface area contributed by atoms with E-state index in [1.54, 1.807) is 17.8 Å². The Morgan fingerprint density at radius 3 is 3.20 bits per heavy atom. The smallest absolute Gasteiger partial charge is 0.254 e. The third kappa shape index (κ3) is 2.54. The van der Waals surface area contributed by atoms with Gasteiger partial charge in [-0.1, -0.05) is 0 Å². The molecule has 1 aromatic heterocycles. The van der Waals surface area contributed by atoms with Gasteiger partial charge < -0.3 is 14.8 Å². The number of carbonyl (C=O) groups excluding carboxylic acids is 1. The number of carbonyl (C=O) groups is 1. The normalized spacial score (nSPS) is 25.4. The fraction of sp³-hybridized carbons (Fsp3) is 0.500. The van der Waals surface area contributed by atoms with Crippen molar-refractivity contribution in [3.8, 4) is 0 Å². The van der Waals surface area contributed by atoms with Gasteiger partial charge in [-0.05, 0) is 18.2 Å². The maximum absolute atomic E-state index is 11.5. The first-order valence-electron chi connectivity index (χ1n) is 4.80. The van der Waals surface area contributed by atoms with Crippen molar-refractivity contribution in [3.63, 3.8) is 0 Å². The van der Waals surface area contributed by atoms with E-state index in [2.05, 4.69) is 5.32 Å². The largest absolute Gasteiger partial charge is 0.472 e. The molecule has 0 aliphatic carbocycles. The molecule has 1 amide bonds. The lowest BCUT2D eigenvalue weighted by atomic mass is 10.0. The summed E-state index contributed by atoms with van der Waals surface area (Å²) in [5.41, 5.74) is -0.242. The number of hydrogen-bond acceptors (Lipinski definition) is 4. The number of hydrogen-bond donors (Lipinski definition) is 2. The minimum absolute atomic E-state index is 0.200. The van der Waals surface area contributed by atoms with Gasteiger partial charge in [0.25, 0.3) is 5.91 Å². The highest BCUT2D eigenvalue weighted by Gasteiger charge is 2.32. The molecule has 0 bridgehead atoms. The Morgan fingerprint density at radius 2 is 2.60 bits per heavy atom. The SMILES string of the molecule is O=C(NC[C@@]1(O)CCSC1)c1ccoc1. The van der Waals surface area contributed by atoms with Gasteiger partial charge in [-0.15, -0.1) is 0 Å². The zero-order valence-electron chi connectivity index (χ0n) is 8.23. The molecule has 5 heteroatoms. The minimum Gasteiger partial charge on any atom is -0.472 e. The van der Waals surface area contributed by atoms with Gasteiger partial charge in [0.2, 0.25) is 0 Å². The molecule has 0 aromatic carbocycles. The second kappa shape index (κ2) is 4.28. The van der Waals surface area contributed by atoms with Crippen molar-refractivity contribution in [1.29, 1.82) is 0 Å². The first-order valence-corrected chi connectivity index (χ1v) is 5.96. The molecule has 1 aliphatic rings. The Labute approximate surface area is 92.0 Å². The van der Waals surface area contributed by atoms with Crippen molar-refractivity contribution in [3.05, 3.63) is 24.2 Å². The second-order valence-electron chi connectivity index (χ2n) is 3.72. The van der Waals surface area contributed by atoms with E-state index < -0.39 is 5.60 Å². The van der Waals surface area contributed by atoms with Crippen LogP contribution >= 0.6 is 11.8 Å². The summed E-state index contributed by atoms with van der Waals surface area (Å²) in [6, 6.07) is 1.60. The summed E-state index contributed by atoms with van der Waals surface area (Å²) in [6.45, 7) is 0.310. The number of nitrogens with one attached hydrogen (secondary N) is 1. The fourth-order valence-corrected chi connectivity index (χ4v) is 2.77. The molecule has 4 nitrogen and oxygen atoms in total. The van der Waals surface area contributed by atoms with Crippen molar-refractivity contribution >= 4 is 17.7 Å². The number of rotatable bonds is 3. The molecule has 0 radical (unpaired) electrons. The molecule has 0 saturated carbocycles. The molecule has 1 aliphatic heterocycles. The maximum atomic E-state index is 11.5. The average molecular weight is 227 g/mol. The molecule has 1 saturated heterocycles. The van der Waals surface area contributed by atoms with Gasteiger partial charge >= 0.3 is 0 Å². The highest BCUT2D eigenvalue weighted by molar-refractivity contribution is 7.99. The molecular formula is C10H13NO3S. The molecule has 0 unspecified atom stereocenters. The van der Waals surface area contributed by atoms with Crippen LogP contribution < -0.4 is 5.32 Å². The minimum atomic E-state index is -0.732. The Bertz CT molecular complexity index is 330. The van der Waals surface area contributed by atoms with Gasteiger partial charge in [0.05, 0.1) is 17.4 Å². The van der Waals surface area contributed by atoms with Crippen LogP contribution in [0, 0.1) is 0 Å². The molecule has 1 fully saturated rings. The molecule has 2 rings (SSSR count). The van der Waals surface area contributed by atoms with Crippen LogP contribution in [0.1, 0.15) is 16.8 Å². The van der Waals surface area contributed by atoms with Crippen LogP contribution in [0.25, 0.3) is 0 Å². The highest BCUT2D eigenvalue weighted by atomic mass is 32.2. The van der Waals surface area contributed by atoms with Crippen molar-refractivity contribution < 1.29 is 14.3 Å². The van der Waals surface area contributed by atoms with Crippen molar-refractivity contribution in [1.82, 2.24) is 5.32 Å². The van der Waals surface area contributed by atoms with Gasteiger partial charge in [-0.2, -0.15) is 11.8 Å². The molecular weight excluding hydrogens is 214 g/mol. The summed E-state index contributed by atoms with van der Waals surface area (Å²) in [6.07, 6.45) is 3.58. The van der Waals surface area contributed by atoms with E-state index >= 15 is 0 Å². The average Bonchev–Trinajstić information content (AvgIpc) is 2.85. The van der Waals surface area contributed by atoms with Crippen molar-refractivity contribution in [2.45, 2.75) is 12.0 Å². The molecule has 1 atom stereocenters. The van der Waals surface area contributed by atoms with Crippen LogP contribution in [0.2, 0.25) is 0 Å². The van der Waals surface area contributed by atoms with Gasteiger partial charge in [0.1, 0.15) is 6.26 Å². The van der Waals surface area contributed by atoms with Gasteiger partial charge in [0.15, 0.2) is 0 Å². The molecule has 15 heavy (non-hydrogen) atoms. The lowest BCUT2D eigenvalue weighted by Crippen LogP contribution is -2.42. The lowest BCUT2D eigenvalue weighted by Gasteiger charge is -2.21. The molecule has 1 aromatic rings. The second-order valence-corrected chi connectivity index (χ2v) is 4.83. The quantitative estimate of drug-likeness (QED) is 0.804. The molecule has 0 spiro atoms. The first kappa shape index (κ1) is 10.6. The van der Waals surface area contributed by atoms with Crippen molar-refractivity contribution in [2.24, 2.45) is 0 Å². The summed E-state index contributed by atoms with van der Waals surface area (Å²) in [5.74, 6) is 1.45. The summed E-state index contributed by atoms with van der Waals surface area (Å²) in [4.78, 5) is 11.5. The van der Waals surface area contributed by atoms with Crippen LogP contribution in [0.4, 0.5) is 0 Å². The predicted molar refractivity (Wildman–Crippen MR) is 57.9 cm³/mol. The zero-order chi connectivity index (χ0) is 10.7. The zero-order valence-corrected chi connectivity index (χ0v) is 9.05. The van der Waals surface area contributed by atoms with Gasteiger partial charge in [0, 0.05) is 12.3 Å². The van der Waals surface area contributed by atoms with E-state index in [9.17, 15) is 9.90 Å². The Balaban J connectivity index is 1.85. The third-order valence-electron chi connectivity index (χ3n) is 2.44. The van der Waals surface area contributed by atoms with E-state index in [1.807, 2.05) is 0 Å². The Hall–Kier alpha value is -0.940. The standard InChI is InChI=1S/C10H13NO3S/c12-9(8-1-3-14-5-8)11-6-10(13)2-4-15-7-10/h1,3,5,13H,2,4,6-7H2,(H,11,12)/t10-/m0/s1. The van der Waals surface area contributed by atoms with Crippen LogP contribution in [-0.2, 0) is 0 Å². The number of furan rings is 1. The lowest BCUT2D eigenvalue weighted by molar-refractivity contribution is 0.0612. The number of amides is 1. The summed E-state index contributed by atoms with van der Waals surface area (Å²) >= 11 is 1.71. The predicted octanol–water partition coefficient (Wildman–Crippen LogP) is 0.877. The van der Waals surface area contributed by atoms with Crippen LogP contribution in [0.5, 0.6) is 0 Å². The number of thioether (sulfide) groups is 1. The molecule has 82 valence electrons. The summed E-state index contributed by atoms with van der Waals surface area (Å²) in [5, 5.41) is 12.7. The highest BCUT2D eigenvalue weighted by Crippen LogP contribution is 2.26. The summed E-state index contributed by atoms with van der Waals surface area (Å²) in [7, 11) is 0. The monoisotopic (exact) mass is 227 g/mol. The van der Waals surface area contributed by atoms with E-state index in [0.29, 0.717) is 17.9 Å². The fourth-order valence-electron chi connectivity index (χ4n) is 1.48. The van der Waals surface area contributed by atoms with Crippen LogP contribution in [-0.4, -0.2) is 34.7 Å². The molecule has 2 N–H and O–H groups in total. The first-order chi connectivity index (χ1) is 7.20. The van der Waals surface area contributed by atoms with Crippen LogP contribution in [0.15, 0.2) is 23.0 Å². The van der Waals surface area contributed by atoms with E-state index in [0.717, 1.165) is 12.2 Å².